The molecular weight excluding hydrogens is 356 g/mol. The van der Waals surface area contributed by atoms with Crippen molar-refractivity contribution in [1.29, 1.82) is 0 Å². The molecule has 3 aromatic rings. The molecule has 0 unspecified atom stereocenters. The molecule has 0 aliphatic heterocycles. The summed E-state index contributed by atoms with van der Waals surface area (Å²) in [5.74, 6) is 1.86. The Kier molecular flexibility index (Phi) is 5.58. The Balaban J connectivity index is 1.86. The third kappa shape index (κ3) is 3.64. The lowest BCUT2D eigenvalue weighted by Gasteiger charge is -2.08. The Morgan fingerprint density at radius 3 is 2.76 bits per heavy atom. The molecule has 134 valence electrons. The largest absolute Gasteiger partial charge is 0.339 e. The van der Waals surface area contributed by atoms with Crippen molar-refractivity contribution in [2.45, 2.75) is 64.4 Å². The highest BCUT2D eigenvalue weighted by Gasteiger charge is 2.17. The normalized spacial score (nSPS) is 11.5. The first-order chi connectivity index (χ1) is 12.0. The highest BCUT2D eigenvalue weighted by molar-refractivity contribution is 7.98. The summed E-state index contributed by atoms with van der Waals surface area (Å²) in [5, 5.41) is 5.48. The fourth-order valence-corrected chi connectivity index (χ4v) is 4.58. The zero-order valence-electron chi connectivity index (χ0n) is 15.0. The van der Waals surface area contributed by atoms with Crippen LogP contribution in [0.4, 0.5) is 0 Å². The maximum absolute atomic E-state index is 12.8. The number of thiophene rings is 1. The monoisotopic (exact) mass is 378 g/mol. The third-order valence-electron chi connectivity index (χ3n) is 4.15. The van der Waals surface area contributed by atoms with Gasteiger partial charge >= 0.3 is 0 Å². The van der Waals surface area contributed by atoms with Gasteiger partial charge in [-0.1, -0.05) is 30.3 Å². The van der Waals surface area contributed by atoms with Crippen LogP contribution in [0.5, 0.6) is 0 Å². The first kappa shape index (κ1) is 18.1. The fourth-order valence-electron chi connectivity index (χ4n) is 2.61. The molecule has 0 atom stereocenters. The predicted octanol–water partition coefficient (Wildman–Crippen LogP) is 4.11. The van der Waals surface area contributed by atoms with Crippen LogP contribution in [0, 0.1) is 13.8 Å². The second-order valence-electron chi connectivity index (χ2n) is 5.90. The molecule has 0 N–H and O–H groups in total. The molecule has 0 radical (unpaired) electrons. The molecule has 0 aliphatic carbocycles. The van der Waals surface area contributed by atoms with Gasteiger partial charge in [-0.05, 0) is 32.8 Å². The quantitative estimate of drug-likeness (QED) is 0.455. The summed E-state index contributed by atoms with van der Waals surface area (Å²) in [5.41, 5.74) is 1.07. The number of nitrogens with zero attached hydrogens (tertiary/aromatic N) is 4. The van der Waals surface area contributed by atoms with Crippen molar-refractivity contribution in [3.63, 3.8) is 0 Å². The molecule has 3 heterocycles. The zero-order chi connectivity index (χ0) is 18.0. The Bertz CT molecular complexity index is 942. The number of aromatic nitrogens is 4. The third-order valence-corrected chi connectivity index (χ3v) is 6.23. The van der Waals surface area contributed by atoms with Crippen LogP contribution in [0.15, 0.2) is 14.5 Å². The lowest BCUT2D eigenvalue weighted by Crippen LogP contribution is -2.22. The van der Waals surface area contributed by atoms with Crippen molar-refractivity contribution in [3.05, 3.63) is 32.5 Å². The molecule has 3 aromatic heterocycles. The molecular formula is C17H22N4O2S2. The summed E-state index contributed by atoms with van der Waals surface area (Å²) in [6.07, 6.45) is 2.95. The van der Waals surface area contributed by atoms with Crippen LogP contribution in [0.25, 0.3) is 10.2 Å². The lowest BCUT2D eigenvalue weighted by atomic mass is 10.2. The Morgan fingerprint density at radius 1 is 1.24 bits per heavy atom. The lowest BCUT2D eigenvalue weighted by molar-refractivity contribution is 0.371. The van der Waals surface area contributed by atoms with E-state index in [1.807, 2.05) is 20.8 Å². The molecule has 0 bridgehead atoms. The van der Waals surface area contributed by atoms with Crippen molar-refractivity contribution >= 4 is 33.3 Å². The van der Waals surface area contributed by atoms with Gasteiger partial charge in [-0.3, -0.25) is 9.36 Å². The van der Waals surface area contributed by atoms with Gasteiger partial charge in [0.15, 0.2) is 11.0 Å². The minimum absolute atomic E-state index is 0.0357. The Morgan fingerprint density at radius 2 is 2.04 bits per heavy atom. The van der Waals surface area contributed by atoms with E-state index >= 15 is 0 Å². The maximum atomic E-state index is 12.8. The van der Waals surface area contributed by atoms with Gasteiger partial charge in [0.1, 0.15) is 4.83 Å². The van der Waals surface area contributed by atoms with Crippen molar-refractivity contribution in [3.8, 4) is 0 Å². The molecule has 0 saturated carbocycles. The molecule has 0 fully saturated rings. The van der Waals surface area contributed by atoms with Crippen LogP contribution in [-0.2, 0) is 18.7 Å². The van der Waals surface area contributed by atoms with E-state index in [2.05, 4.69) is 17.1 Å². The van der Waals surface area contributed by atoms with E-state index in [1.165, 1.54) is 11.8 Å². The van der Waals surface area contributed by atoms with E-state index < -0.39 is 0 Å². The standard InChI is InChI=1S/C17H22N4O2S2/c1-5-7-8-13-18-12(20-23-13)9-24-17-19-15-14(10(3)11(4)25-15)16(22)21(17)6-2/h5-9H2,1-4H3. The molecule has 6 nitrogen and oxygen atoms in total. The van der Waals surface area contributed by atoms with Gasteiger partial charge < -0.3 is 4.52 Å². The number of unbranched alkanes of at least 4 members (excludes halogenated alkanes) is 1. The van der Waals surface area contributed by atoms with Crippen molar-refractivity contribution in [2.75, 3.05) is 0 Å². The summed E-state index contributed by atoms with van der Waals surface area (Å²) in [7, 11) is 0. The van der Waals surface area contributed by atoms with E-state index in [0.717, 1.165) is 39.9 Å². The topological polar surface area (TPSA) is 73.8 Å². The van der Waals surface area contributed by atoms with Gasteiger partial charge in [0.05, 0.1) is 11.1 Å². The van der Waals surface area contributed by atoms with Gasteiger partial charge in [0.2, 0.25) is 5.89 Å². The van der Waals surface area contributed by atoms with Crippen LogP contribution < -0.4 is 5.56 Å². The second-order valence-corrected chi connectivity index (χ2v) is 8.05. The second kappa shape index (κ2) is 7.70. The van der Waals surface area contributed by atoms with Crippen molar-refractivity contribution < 1.29 is 4.52 Å². The molecule has 3 rings (SSSR count). The van der Waals surface area contributed by atoms with Crippen LogP contribution in [0.3, 0.4) is 0 Å². The van der Waals surface area contributed by atoms with Crippen LogP contribution in [-0.4, -0.2) is 19.7 Å². The van der Waals surface area contributed by atoms with Crippen molar-refractivity contribution in [1.82, 2.24) is 19.7 Å². The molecule has 0 spiro atoms. The zero-order valence-corrected chi connectivity index (χ0v) is 16.6. The summed E-state index contributed by atoms with van der Waals surface area (Å²) in [6.45, 7) is 8.70. The maximum Gasteiger partial charge on any atom is 0.263 e. The summed E-state index contributed by atoms with van der Waals surface area (Å²) in [6, 6.07) is 0. The molecule has 8 heteroatoms. The van der Waals surface area contributed by atoms with E-state index in [0.29, 0.717) is 29.2 Å². The number of rotatable bonds is 7. The van der Waals surface area contributed by atoms with E-state index in [9.17, 15) is 4.79 Å². The van der Waals surface area contributed by atoms with Gasteiger partial charge in [-0.2, -0.15) is 4.98 Å². The molecule has 25 heavy (non-hydrogen) atoms. The average molecular weight is 379 g/mol. The fraction of sp³-hybridized carbons (Fsp3) is 0.529. The molecule has 0 aromatic carbocycles. The first-order valence-corrected chi connectivity index (χ1v) is 10.3. The summed E-state index contributed by atoms with van der Waals surface area (Å²) < 4.78 is 6.99. The minimum Gasteiger partial charge on any atom is -0.339 e. The highest BCUT2D eigenvalue weighted by atomic mass is 32.2. The SMILES string of the molecule is CCCCc1nc(CSc2nc3sc(C)c(C)c3c(=O)n2CC)no1. The van der Waals surface area contributed by atoms with E-state index in [-0.39, 0.29) is 5.56 Å². The van der Waals surface area contributed by atoms with E-state index in [4.69, 9.17) is 9.51 Å². The number of thioether (sulfide) groups is 1. The van der Waals surface area contributed by atoms with Crippen LogP contribution in [0.2, 0.25) is 0 Å². The van der Waals surface area contributed by atoms with Crippen LogP contribution in [0.1, 0.15) is 48.8 Å². The Hall–Kier alpha value is -1.67. The smallest absolute Gasteiger partial charge is 0.263 e. The van der Waals surface area contributed by atoms with Crippen LogP contribution >= 0.6 is 23.1 Å². The number of hydrogen-bond acceptors (Lipinski definition) is 7. The highest BCUT2D eigenvalue weighted by Crippen LogP contribution is 2.29. The number of aryl methyl sites for hydroxylation is 3. The van der Waals surface area contributed by atoms with Gasteiger partial charge in [0, 0.05) is 17.8 Å². The van der Waals surface area contributed by atoms with Gasteiger partial charge in [0.25, 0.3) is 5.56 Å². The molecule has 0 aliphatic rings. The van der Waals surface area contributed by atoms with E-state index in [1.54, 1.807) is 15.9 Å². The molecule has 0 amide bonds. The average Bonchev–Trinajstić information content (AvgIpc) is 3.16. The first-order valence-electron chi connectivity index (χ1n) is 8.49. The summed E-state index contributed by atoms with van der Waals surface area (Å²) in [4.78, 5) is 23.9. The number of hydrogen-bond donors (Lipinski definition) is 0. The summed E-state index contributed by atoms with van der Waals surface area (Å²) >= 11 is 3.05. The minimum atomic E-state index is 0.0357. The van der Waals surface area contributed by atoms with Gasteiger partial charge in [-0.25, -0.2) is 4.98 Å². The molecule has 0 saturated heterocycles. The van der Waals surface area contributed by atoms with Gasteiger partial charge in [-0.15, -0.1) is 11.3 Å². The predicted molar refractivity (Wildman–Crippen MR) is 101 cm³/mol. The van der Waals surface area contributed by atoms with Crippen molar-refractivity contribution in [2.24, 2.45) is 0 Å². The number of fused-ring (bicyclic) bond motifs is 1. The Labute approximate surface area is 154 Å².